The van der Waals surface area contributed by atoms with E-state index in [1.807, 2.05) is 30.3 Å². The Kier molecular flexibility index (Phi) is 10.1. The molecular weight excluding hydrogens is 709 g/mol. The first-order valence-corrected chi connectivity index (χ1v) is 18.4. The predicted molar refractivity (Wildman–Crippen MR) is 169 cm³/mol. The quantitative estimate of drug-likeness (QED) is 0.225. The molecule has 2 aromatic carbocycles. The average molecular weight is 751 g/mol. The van der Waals surface area contributed by atoms with Crippen molar-refractivity contribution >= 4 is 42.0 Å². The van der Waals surface area contributed by atoms with Gasteiger partial charge in [-0.1, -0.05) is 62.2 Å². The highest BCUT2D eigenvalue weighted by atomic mass is 79.9. The molecule has 8 fully saturated rings. The second kappa shape index (κ2) is 13.0. The van der Waals surface area contributed by atoms with Gasteiger partial charge in [0.25, 0.3) is 0 Å². The maximum Gasteiger partial charge on any atom is 0.522 e. The molecule has 0 spiro atoms. The minimum absolute atomic E-state index is 0.200. The lowest BCUT2D eigenvalue weighted by atomic mass is 9.48. The molecule has 10 rings (SSSR count). The SMILES string of the molecule is Brc1ccc(C23CC4CC(CC(C4)C2)C3)cc1.Brc1ccccc1.O=S(=O)(O)C(F)(F)F.OC12CC3CC(CC(C3)C1)C2. The lowest BCUT2D eigenvalue weighted by molar-refractivity contribution is -0.124. The van der Waals surface area contributed by atoms with Crippen molar-refractivity contribution in [1.29, 1.82) is 0 Å². The third-order valence-electron chi connectivity index (χ3n) is 10.5. The first kappa shape index (κ1) is 33.4. The number of hydrogen-bond acceptors (Lipinski definition) is 3. The Morgan fingerprint density at radius 2 is 0.953 bits per heavy atom. The molecule has 0 aromatic heterocycles. The molecule has 8 saturated carbocycles. The molecule has 0 heterocycles. The fourth-order valence-corrected chi connectivity index (χ4v) is 10.3. The summed E-state index contributed by atoms with van der Waals surface area (Å²) in [6.07, 6.45) is 16.7. The van der Waals surface area contributed by atoms with Crippen LogP contribution in [0.15, 0.2) is 63.5 Å². The highest BCUT2D eigenvalue weighted by Crippen LogP contribution is 2.60. The average Bonchev–Trinajstić information content (AvgIpc) is 2.87. The van der Waals surface area contributed by atoms with E-state index in [4.69, 9.17) is 13.0 Å². The molecule has 2 aromatic rings. The molecule has 0 aliphatic heterocycles. The van der Waals surface area contributed by atoms with Gasteiger partial charge in [-0.2, -0.15) is 21.6 Å². The maximum atomic E-state index is 10.7. The van der Waals surface area contributed by atoms with Crippen molar-refractivity contribution in [1.82, 2.24) is 0 Å². The number of hydrogen-bond donors (Lipinski definition) is 2. The van der Waals surface area contributed by atoms with Gasteiger partial charge in [0.2, 0.25) is 0 Å². The van der Waals surface area contributed by atoms with Crippen LogP contribution in [0.1, 0.15) is 82.6 Å². The molecule has 43 heavy (non-hydrogen) atoms. The van der Waals surface area contributed by atoms with Gasteiger partial charge in [0.05, 0.1) is 5.60 Å². The molecule has 4 nitrogen and oxygen atoms in total. The summed E-state index contributed by atoms with van der Waals surface area (Å²) in [5.41, 5.74) is -3.54. The first-order valence-electron chi connectivity index (χ1n) is 15.3. The van der Waals surface area contributed by atoms with Crippen LogP contribution < -0.4 is 0 Å². The van der Waals surface area contributed by atoms with Crippen LogP contribution in [0.2, 0.25) is 0 Å². The minimum atomic E-state index is -5.84. The zero-order valence-electron chi connectivity index (χ0n) is 24.2. The summed E-state index contributed by atoms with van der Waals surface area (Å²) in [5, 5.41) is 10.1. The minimum Gasteiger partial charge on any atom is -0.390 e. The summed E-state index contributed by atoms with van der Waals surface area (Å²) in [7, 11) is -5.84. The lowest BCUT2D eigenvalue weighted by Gasteiger charge is -2.57. The summed E-state index contributed by atoms with van der Waals surface area (Å²) >= 11 is 6.87. The Hall–Kier alpha value is -0.940. The number of rotatable bonds is 1. The Bertz CT molecular complexity index is 1260. The van der Waals surface area contributed by atoms with Crippen molar-refractivity contribution in [3.63, 3.8) is 0 Å². The van der Waals surface area contributed by atoms with E-state index in [-0.39, 0.29) is 5.60 Å². The summed E-state index contributed by atoms with van der Waals surface area (Å²) in [4.78, 5) is 0. The summed E-state index contributed by atoms with van der Waals surface area (Å²) in [6.45, 7) is 0. The fourth-order valence-electron chi connectivity index (χ4n) is 9.75. The Labute approximate surface area is 270 Å². The monoisotopic (exact) mass is 748 g/mol. The molecule has 0 amide bonds. The molecule has 0 unspecified atom stereocenters. The van der Waals surface area contributed by atoms with E-state index in [2.05, 4.69) is 56.1 Å². The zero-order chi connectivity index (χ0) is 31.0. The molecule has 8 aliphatic rings. The number of aliphatic hydroxyl groups is 1. The molecule has 2 N–H and O–H groups in total. The molecule has 8 aliphatic carbocycles. The van der Waals surface area contributed by atoms with E-state index in [1.165, 1.54) is 62.3 Å². The third kappa shape index (κ3) is 8.46. The van der Waals surface area contributed by atoms with Crippen LogP contribution in [0.3, 0.4) is 0 Å². The van der Waals surface area contributed by atoms with E-state index >= 15 is 0 Å². The topological polar surface area (TPSA) is 74.6 Å². The summed E-state index contributed by atoms with van der Waals surface area (Å²) in [5.74, 6) is 5.82. The van der Waals surface area contributed by atoms with E-state index in [9.17, 15) is 18.3 Å². The van der Waals surface area contributed by atoms with Gasteiger partial charge in [0.1, 0.15) is 0 Å². The standard InChI is InChI=1S/C16H19Br.C10H16O.C6H5Br.CHF3O3S/c17-15-3-1-14(2-4-15)16-8-11-5-12(9-16)7-13(6-11)10-16;11-10-4-7-1-8(5-10)3-9(2-7)6-10;7-6-4-2-1-3-5-6;2-1(3,4)8(5,6)7/h1-4,11-13H,5-10H2;7-9,11H,1-6H2;1-5H;(H,5,6,7). The van der Waals surface area contributed by atoms with Gasteiger partial charge >= 0.3 is 15.6 Å². The fraction of sp³-hybridized carbons (Fsp3) is 0.636. The zero-order valence-corrected chi connectivity index (χ0v) is 28.1. The highest BCUT2D eigenvalue weighted by molar-refractivity contribution is 9.10. The molecule has 10 heteroatoms. The molecule has 238 valence electrons. The van der Waals surface area contributed by atoms with E-state index in [0.29, 0.717) is 5.41 Å². The lowest BCUT2D eigenvalue weighted by Crippen LogP contribution is -2.50. The maximum absolute atomic E-state index is 10.7. The smallest absolute Gasteiger partial charge is 0.390 e. The van der Waals surface area contributed by atoms with Crippen LogP contribution in [0.4, 0.5) is 13.2 Å². The van der Waals surface area contributed by atoms with E-state index in [0.717, 1.165) is 59.2 Å². The Balaban J connectivity index is 0.000000123. The summed E-state index contributed by atoms with van der Waals surface area (Å²) in [6, 6.07) is 19.2. The van der Waals surface area contributed by atoms with Crippen LogP contribution >= 0.6 is 31.9 Å². The van der Waals surface area contributed by atoms with Crippen molar-refractivity contribution in [2.75, 3.05) is 0 Å². The second-order valence-electron chi connectivity index (χ2n) is 14.1. The van der Waals surface area contributed by atoms with E-state index < -0.39 is 15.6 Å². The molecular formula is C33H41Br2F3O4S. The molecule has 0 atom stereocenters. The van der Waals surface area contributed by atoms with Gasteiger partial charge < -0.3 is 5.11 Å². The van der Waals surface area contributed by atoms with Crippen molar-refractivity contribution in [2.45, 2.75) is 93.6 Å². The van der Waals surface area contributed by atoms with Crippen LogP contribution in [0, 0.1) is 35.5 Å². The van der Waals surface area contributed by atoms with Gasteiger partial charge in [-0.3, -0.25) is 4.55 Å². The Morgan fingerprint density at radius 1 is 0.628 bits per heavy atom. The normalized spacial score (nSPS) is 36.4. The van der Waals surface area contributed by atoms with E-state index in [1.54, 1.807) is 5.56 Å². The number of alkyl halides is 3. The largest absolute Gasteiger partial charge is 0.522 e. The predicted octanol–water partition coefficient (Wildman–Crippen LogP) is 9.71. The molecule has 0 saturated heterocycles. The van der Waals surface area contributed by atoms with Crippen LogP contribution in [0.25, 0.3) is 0 Å². The molecule has 8 bridgehead atoms. The van der Waals surface area contributed by atoms with Gasteiger partial charge in [-0.25, -0.2) is 0 Å². The van der Waals surface area contributed by atoms with Crippen LogP contribution in [0.5, 0.6) is 0 Å². The van der Waals surface area contributed by atoms with Crippen LogP contribution in [-0.4, -0.2) is 29.2 Å². The third-order valence-corrected chi connectivity index (χ3v) is 12.2. The first-order chi connectivity index (χ1) is 20.1. The van der Waals surface area contributed by atoms with Crippen molar-refractivity contribution in [3.8, 4) is 0 Å². The van der Waals surface area contributed by atoms with Crippen LogP contribution in [-0.2, 0) is 15.5 Å². The van der Waals surface area contributed by atoms with Crippen molar-refractivity contribution < 1.29 is 31.2 Å². The van der Waals surface area contributed by atoms with Gasteiger partial charge in [-0.05, 0) is 148 Å². The van der Waals surface area contributed by atoms with Gasteiger partial charge in [0.15, 0.2) is 0 Å². The Morgan fingerprint density at radius 3 is 1.23 bits per heavy atom. The number of benzene rings is 2. The number of halogens is 5. The second-order valence-corrected chi connectivity index (χ2v) is 17.3. The highest BCUT2D eigenvalue weighted by Gasteiger charge is 2.52. The van der Waals surface area contributed by atoms with Gasteiger partial charge in [-0.15, -0.1) is 0 Å². The van der Waals surface area contributed by atoms with Crippen molar-refractivity contribution in [2.24, 2.45) is 35.5 Å². The van der Waals surface area contributed by atoms with Gasteiger partial charge in [0, 0.05) is 8.95 Å². The molecule has 0 radical (unpaired) electrons. The summed E-state index contributed by atoms with van der Waals surface area (Å²) < 4.78 is 59.9. The van der Waals surface area contributed by atoms with Crippen molar-refractivity contribution in [3.05, 3.63) is 69.1 Å².